The van der Waals surface area contributed by atoms with Crippen molar-refractivity contribution in [1.82, 2.24) is 9.80 Å². The molecule has 0 saturated carbocycles. The van der Waals surface area contributed by atoms with Crippen LogP contribution in [0.25, 0.3) is 0 Å². The van der Waals surface area contributed by atoms with Crippen molar-refractivity contribution in [2.75, 3.05) is 57.8 Å². The van der Waals surface area contributed by atoms with Crippen LogP contribution in [0.2, 0.25) is 0 Å². The van der Waals surface area contributed by atoms with Crippen molar-refractivity contribution >= 4 is 29.3 Å². The van der Waals surface area contributed by atoms with Crippen LogP contribution in [0.5, 0.6) is 0 Å². The van der Waals surface area contributed by atoms with E-state index in [-0.39, 0.29) is 6.04 Å². The molecule has 3 heterocycles. The summed E-state index contributed by atoms with van der Waals surface area (Å²) in [6.07, 6.45) is 10.2. The minimum Gasteiger partial charge on any atom is -0.370 e. The molecule has 0 aromatic heterocycles. The lowest BCUT2D eigenvalue weighted by Gasteiger charge is -2.33. The number of aryl methyl sites for hydroxylation is 1. The summed E-state index contributed by atoms with van der Waals surface area (Å²) in [5.74, 6) is 1.01. The Morgan fingerprint density at radius 1 is 1.12 bits per heavy atom. The molecule has 3 aliphatic heterocycles. The van der Waals surface area contributed by atoms with E-state index in [0.717, 1.165) is 62.4 Å². The Morgan fingerprint density at radius 2 is 1.91 bits per heavy atom. The van der Waals surface area contributed by atoms with E-state index in [4.69, 9.17) is 17.3 Å². The molecule has 3 fully saturated rings. The van der Waals surface area contributed by atoms with E-state index in [2.05, 4.69) is 49.8 Å². The molecule has 7 heteroatoms. The normalized spacial score (nSPS) is 24.7. The van der Waals surface area contributed by atoms with Gasteiger partial charge in [-0.1, -0.05) is 17.7 Å². The number of hydrogen-bond donors (Lipinski definition) is 1. The van der Waals surface area contributed by atoms with Gasteiger partial charge in [-0.2, -0.15) is 0 Å². The van der Waals surface area contributed by atoms with Gasteiger partial charge in [0, 0.05) is 56.7 Å². The summed E-state index contributed by atoms with van der Waals surface area (Å²) >= 11 is 6.68. The first kappa shape index (κ1) is 25.2. The number of nitrogens with zero attached hydrogens (tertiary/aromatic N) is 5. The number of hydrogen-bond acceptors (Lipinski definition) is 5. The predicted molar refractivity (Wildman–Crippen MR) is 146 cm³/mol. The van der Waals surface area contributed by atoms with Crippen LogP contribution in [0.1, 0.15) is 56.1 Å². The minimum atomic E-state index is 0.269. The van der Waals surface area contributed by atoms with E-state index in [0.29, 0.717) is 5.16 Å². The first-order chi connectivity index (χ1) is 16.5. The van der Waals surface area contributed by atoms with Gasteiger partial charge in [0.05, 0.1) is 0 Å². The van der Waals surface area contributed by atoms with Crippen molar-refractivity contribution in [3.8, 4) is 0 Å². The van der Waals surface area contributed by atoms with Gasteiger partial charge < -0.3 is 20.4 Å². The third-order valence-corrected chi connectivity index (χ3v) is 7.69. The van der Waals surface area contributed by atoms with Crippen LogP contribution in [-0.4, -0.2) is 80.8 Å². The predicted octanol–water partition coefficient (Wildman–Crippen LogP) is 4.40. The summed E-state index contributed by atoms with van der Waals surface area (Å²) in [5, 5.41) is 0.559. The van der Waals surface area contributed by atoms with Gasteiger partial charge in [-0.3, -0.25) is 4.99 Å². The summed E-state index contributed by atoms with van der Waals surface area (Å²) in [6, 6.07) is 6.76. The van der Waals surface area contributed by atoms with Gasteiger partial charge in [0.2, 0.25) is 0 Å². The Bertz CT molecular complexity index is 918. The second kappa shape index (κ2) is 12.2. The second-order valence-electron chi connectivity index (χ2n) is 9.96. The molecule has 6 nitrogen and oxygen atoms in total. The largest absolute Gasteiger partial charge is 0.370 e. The lowest BCUT2D eigenvalue weighted by molar-refractivity contribution is 0.320. The molecule has 4 rings (SSSR count). The van der Waals surface area contributed by atoms with E-state index >= 15 is 0 Å². The molecule has 186 valence electrons. The van der Waals surface area contributed by atoms with Crippen molar-refractivity contribution in [2.24, 2.45) is 15.7 Å². The third kappa shape index (κ3) is 6.41. The van der Waals surface area contributed by atoms with Gasteiger partial charge in [-0.25, -0.2) is 4.99 Å². The maximum Gasteiger partial charge on any atom is 0.135 e. The average molecular weight is 485 g/mol. The van der Waals surface area contributed by atoms with Gasteiger partial charge in [0.15, 0.2) is 0 Å². The quantitative estimate of drug-likeness (QED) is 0.337. The molecule has 0 radical (unpaired) electrons. The maximum atomic E-state index is 6.68. The fourth-order valence-electron chi connectivity index (χ4n) is 5.54. The molecule has 2 N–H and O–H groups in total. The zero-order chi connectivity index (χ0) is 23.9. The molecular formula is C27H41ClN6. The van der Waals surface area contributed by atoms with Crippen LogP contribution in [0.3, 0.4) is 0 Å². The van der Waals surface area contributed by atoms with Gasteiger partial charge in [0.25, 0.3) is 0 Å². The summed E-state index contributed by atoms with van der Waals surface area (Å²) in [6.45, 7) is 9.97. The van der Waals surface area contributed by atoms with E-state index in [1.54, 1.807) is 0 Å². The highest BCUT2D eigenvalue weighted by Crippen LogP contribution is 2.27. The van der Waals surface area contributed by atoms with E-state index < -0.39 is 0 Å². The highest BCUT2D eigenvalue weighted by molar-refractivity contribution is 6.32. The molecule has 1 atom stereocenters. The lowest BCUT2D eigenvalue weighted by Crippen LogP contribution is -2.43. The van der Waals surface area contributed by atoms with E-state index in [1.165, 1.54) is 56.6 Å². The zero-order valence-electron chi connectivity index (χ0n) is 21.0. The zero-order valence-corrected chi connectivity index (χ0v) is 21.7. The molecule has 1 aromatic rings. The number of anilines is 1. The van der Waals surface area contributed by atoms with Crippen molar-refractivity contribution in [2.45, 2.75) is 57.9 Å². The molecule has 0 unspecified atom stereocenters. The molecule has 0 aliphatic carbocycles. The molecule has 0 spiro atoms. The Kier molecular flexibility index (Phi) is 9.04. The number of piperidine rings is 1. The van der Waals surface area contributed by atoms with Crippen LogP contribution in [0.4, 0.5) is 5.69 Å². The molecule has 34 heavy (non-hydrogen) atoms. The number of benzene rings is 1. The molecule has 3 aliphatic rings. The van der Waals surface area contributed by atoms with Crippen molar-refractivity contribution in [3.05, 3.63) is 40.1 Å². The van der Waals surface area contributed by atoms with Crippen molar-refractivity contribution in [1.29, 1.82) is 0 Å². The number of unbranched alkanes of at least 4 members (excludes halogenated alkanes) is 1. The van der Waals surface area contributed by atoms with Crippen molar-refractivity contribution < 1.29 is 0 Å². The first-order valence-electron chi connectivity index (χ1n) is 13.0. The molecular weight excluding hydrogens is 444 g/mol. The molecule has 3 saturated heterocycles. The fraction of sp³-hybridized carbons (Fsp3) is 0.630. The number of rotatable bonds is 8. The first-order valence-corrected chi connectivity index (χ1v) is 13.4. The standard InChI is InChI=1S/C27H41ClN6/c1-21-18-22(9-10-25(21)34-16-7-8-23(29)20-34)19-31-26(28)24-11-17-33(27(24)30-2)15-6-5-14-32-12-3-4-13-32/h9-10,18-19,23H,3-8,11-17,20,29H2,1-2H3/b26-24-,30-27?,31-19+/t23-/m1/s1. The van der Waals surface area contributed by atoms with Gasteiger partial charge >= 0.3 is 0 Å². The highest BCUT2D eigenvalue weighted by Gasteiger charge is 2.25. The smallest absolute Gasteiger partial charge is 0.135 e. The Balaban J connectivity index is 1.34. The Labute approximate surface area is 210 Å². The number of amidine groups is 1. The van der Waals surface area contributed by atoms with Gasteiger partial charge in [-0.05, 0) is 94.8 Å². The number of halogens is 1. The fourth-order valence-corrected chi connectivity index (χ4v) is 5.77. The number of likely N-dealkylation sites (tertiary alicyclic amines) is 2. The summed E-state index contributed by atoms with van der Waals surface area (Å²) in [7, 11) is 1.86. The van der Waals surface area contributed by atoms with Crippen molar-refractivity contribution in [3.63, 3.8) is 0 Å². The monoisotopic (exact) mass is 484 g/mol. The second-order valence-corrected chi connectivity index (χ2v) is 10.3. The number of aliphatic imine (C=N–C) groups is 2. The summed E-state index contributed by atoms with van der Waals surface area (Å²) < 4.78 is 0. The van der Waals surface area contributed by atoms with Crippen LogP contribution < -0.4 is 10.6 Å². The Hall–Kier alpha value is -1.89. The van der Waals surface area contributed by atoms with Gasteiger partial charge in [-0.15, -0.1) is 0 Å². The Morgan fingerprint density at radius 3 is 2.65 bits per heavy atom. The van der Waals surface area contributed by atoms with E-state index in [9.17, 15) is 0 Å². The summed E-state index contributed by atoms with van der Waals surface area (Å²) in [4.78, 5) is 16.6. The minimum absolute atomic E-state index is 0.269. The molecule has 0 amide bonds. The van der Waals surface area contributed by atoms with Crippen LogP contribution in [-0.2, 0) is 0 Å². The SMILES string of the molecule is CN=C1/C(=C(Cl)\N=C\c2ccc(N3CCC[C@@H](N)C3)c(C)c2)CCN1CCCCN1CCCC1. The van der Waals surface area contributed by atoms with E-state index in [1.807, 2.05) is 13.3 Å². The van der Waals surface area contributed by atoms with Crippen LogP contribution in [0.15, 0.2) is 38.9 Å². The third-order valence-electron chi connectivity index (χ3n) is 7.36. The highest BCUT2D eigenvalue weighted by atomic mass is 35.5. The van der Waals surface area contributed by atoms with Crippen LogP contribution in [0, 0.1) is 6.92 Å². The molecule has 0 bridgehead atoms. The van der Waals surface area contributed by atoms with Gasteiger partial charge in [0.1, 0.15) is 11.0 Å². The lowest BCUT2D eigenvalue weighted by atomic mass is 10.0. The maximum absolute atomic E-state index is 6.68. The number of nitrogens with two attached hydrogens (primary N) is 1. The molecule has 1 aromatic carbocycles. The summed E-state index contributed by atoms with van der Waals surface area (Å²) in [5.41, 5.74) is 10.8. The topological polar surface area (TPSA) is 60.5 Å². The average Bonchev–Trinajstić information content (AvgIpc) is 3.50. The van der Waals surface area contributed by atoms with Crippen LogP contribution >= 0.6 is 11.6 Å².